The van der Waals surface area contributed by atoms with Crippen LogP contribution in [0.25, 0.3) is 0 Å². The third-order valence-electron chi connectivity index (χ3n) is 3.55. The van der Waals surface area contributed by atoms with Crippen molar-refractivity contribution < 1.29 is 4.74 Å². The number of benzene rings is 2. The molecule has 0 fully saturated rings. The summed E-state index contributed by atoms with van der Waals surface area (Å²) in [4.78, 5) is 6.93. The summed E-state index contributed by atoms with van der Waals surface area (Å²) >= 11 is 1.82. The molecule has 2 aromatic rings. The molecule has 0 unspecified atom stereocenters. The number of fused-ring (bicyclic) bond motifs is 2. The van der Waals surface area contributed by atoms with Gasteiger partial charge in [0, 0.05) is 29.4 Å². The Morgan fingerprint density at radius 1 is 1.05 bits per heavy atom. The lowest BCUT2D eigenvalue weighted by Crippen LogP contribution is -2.19. The van der Waals surface area contributed by atoms with Gasteiger partial charge in [0.25, 0.3) is 0 Å². The summed E-state index contributed by atoms with van der Waals surface area (Å²) in [5.41, 5.74) is 2.46. The summed E-state index contributed by atoms with van der Waals surface area (Å²) in [7, 11) is 6.22. The standard InChI is InChI=1S/C17H20N2OS.ClH/c1-18(2)10-11-20-13-8-9-17-15(12-13)19(3)14-6-4-5-7-16(14)21-17;/h4-9,12H,10-11H2,1-3H3;1H. The molecule has 1 heterocycles. The maximum Gasteiger partial charge on any atom is 0.121 e. The molecular formula is C17H21ClN2OS. The van der Waals surface area contributed by atoms with Gasteiger partial charge in [-0.3, -0.25) is 0 Å². The molecule has 0 saturated heterocycles. The number of para-hydroxylation sites is 1. The first kappa shape index (κ1) is 17.0. The number of likely N-dealkylation sites (N-methyl/N-ethyl adjacent to an activating group) is 1. The van der Waals surface area contributed by atoms with E-state index in [1.54, 1.807) is 0 Å². The van der Waals surface area contributed by atoms with E-state index in [1.807, 2.05) is 11.8 Å². The van der Waals surface area contributed by atoms with Crippen LogP contribution in [-0.4, -0.2) is 39.2 Å². The van der Waals surface area contributed by atoms with Gasteiger partial charge in [0.2, 0.25) is 0 Å². The number of ether oxygens (including phenoxy) is 1. The van der Waals surface area contributed by atoms with E-state index in [-0.39, 0.29) is 12.4 Å². The highest BCUT2D eigenvalue weighted by atomic mass is 35.5. The van der Waals surface area contributed by atoms with Gasteiger partial charge in [0.05, 0.1) is 11.4 Å². The molecule has 1 aliphatic heterocycles. The van der Waals surface area contributed by atoms with Crippen LogP contribution in [0, 0.1) is 0 Å². The first-order chi connectivity index (χ1) is 10.1. The van der Waals surface area contributed by atoms with Crippen molar-refractivity contribution in [2.45, 2.75) is 9.79 Å². The molecule has 0 atom stereocenters. The Hall–Kier alpha value is -1.36. The Kier molecular flexibility index (Phi) is 5.62. The molecule has 1 aliphatic rings. The normalized spacial score (nSPS) is 12.5. The van der Waals surface area contributed by atoms with Crippen molar-refractivity contribution in [3.8, 4) is 5.75 Å². The van der Waals surface area contributed by atoms with Gasteiger partial charge in [-0.15, -0.1) is 12.4 Å². The summed E-state index contributed by atoms with van der Waals surface area (Å²) in [6.07, 6.45) is 0. The molecule has 0 saturated carbocycles. The van der Waals surface area contributed by atoms with E-state index >= 15 is 0 Å². The molecule has 2 aromatic carbocycles. The Balaban J connectivity index is 0.00000176. The Bertz CT molecular complexity index is 648. The van der Waals surface area contributed by atoms with Crippen LogP contribution in [0.4, 0.5) is 11.4 Å². The molecule has 3 nitrogen and oxygen atoms in total. The maximum absolute atomic E-state index is 5.84. The van der Waals surface area contributed by atoms with Crippen LogP contribution in [0.5, 0.6) is 5.75 Å². The van der Waals surface area contributed by atoms with Crippen molar-refractivity contribution in [3.63, 3.8) is 0 Å². The first-order valence-electron chi connectivity index (χ1n) is 7.07. The van der Waals surface area contributed by atoms with Crippen LogP contribution >= 0.6 is 24.2 Å². The second-order valence-corrected chi connectivity index (χ2v) is 6.49. The Labute approximate surface area is 142 Å². The molecule has 0 spiro atoms. The predicted molar refractivity (Wildman–Crippen MR) is 96.4 cm³/mol. The monoisotopic (exact) mass is 336 g/mol. The predicted octanol–water partition coefficient (Wildman–Crippen LogP) is 4.28. The minimum atomic E-state index is 0. The average Bonchev–Trinajstić information content (AvgIpc) is 2.48. The van der Waals surface area contributed by atoms with Gasteiger partial charge in [0.15, 0.2) is 0 Å². The van der Waals surface area contributed by atoms with Gasteiger partial charge < -0.3 is 14.5 Å². The molecule has 0 amide bonds. The molecular weight excluding hydrogens is 316 g/mol. The second-order valence-electron chi connectivity index (χ2n) is 5.41. The van der Waals surface area contributed by atoms with E-state index in [2.05, 4.69) is 73.4 Å². The third kappa shape index (κ3) is 3.51. The van der Waals surface area contributed by atoms with Crippen LogP contribution < -0.4 is 9.64 Å². The lowest BCUT2D eigenvalue weighted by molar-refractivity contribution is 0.261. The van der Waals surface area contributed by atoms with Crippen LogP contribution in [0.3, 0.4) is 0 Å². The number of nitrogens with zero attached hydrogens (tertiary/aromatic N) is 2. The zero-order valence-corrected chi connectivity index (χ0v) is 14.7. The van der Waals surface area contributed by atoms with Crippen molar-refractivity contribution in [3.05, 3.63) is 42.5 Å². The fourth-order valence-corrected chi connectivity index (χ4v) is 3.48. The molecule has 0 bridgehead atoms. The largest absolute Gasteiger partial charge is 0.492 e. The highest BCUT2D eigenvalue weighted by Crippen LogP contribution is 2.48. The first-order valence-corrected chi connectivity index (χ1v) is 7.89. The Morgan fingerprint density at radius 2 is 1.77 bits per heavy atom. The van der Waals surface area contributed by atoms with Gasteiger partial charge in [0.1, 0.15) is 12.4 Å². The van der Waals surface area contributed by atoms with Gasteiger partial charge in [-0.1, -0.05) is 23.9 Å². The van der Waals surface area contributed by atoms with Crippen molar-refractivity contribution in [2.75, 3.05) is 39.2 Å². The summed E-state index contributed by atoms with van der Waals surface area (Å²) in [6, 6.07) is 14.8. The van der Waals surface area contributed by atoms with Crippen LogP contribution in [0.1, 0.15) is 0 Å². The summed E-state index contributed by atoms with van der Waals surface area (Å²) < 4.78 is 5.84. The molecule has 22 heavy (non-hydrogen) atoms. The van der Waals surface area contributed by atoms with Gasteiger partial charge >= 0.3 is 0 Å². The average molecular weight is 337 g/mol. The topological polar surface area (TPSA) is 15.7 Å². The number of rotatable bonds is 4. The van der Waals surface area contributed by atoms with E-state index < -0.39 is 0 Å². The fourth-order valence-electron chi connectivity index (χ4n) is 2.35. The maximum atomic E-state index is 5.84. The van der Waals surface area contributed by atoms with E-state index in [0.29, 0.717) is 6.61 Å². The number of anilines is 2. The number of hydrogen-bond acceptors (Lipinski definition) is 4. The Morgan fingerprint density at radius 3 is 2.55 bits per heavy atom. The van der Waals surface area contributed by atoms with Gasteiger partial charge in [-0.05, 0) is 38.4 Å². The lowest BCUT2D eigenvalue weighted by Gasteiger charge is -2.29. The third-order valence-corrected chi connectivity index (χ3v) is 4.68. The second kappa shape index (κ2) is 7.27. The van der Waals surface area contributed by atoms with Crippen molar-refractivity contribution in [1.29, 1.82) is 0 Å². The zero-order chi connectivity index (χ0) is 14.8. The van der Waals surface area contributed by atoms with E-state index in [9.17, 15) is 0 Å². The molecule has 0 aliphatic carbocycles. The van der Waals surface area contributed by atoms with E-state index in [0.717, 1.165) is 12.3 Å². The molecule has 0 N–H and O–H groups in total. The van der Waals surface area contributed by atoms with Crippen molar-refractivity contribution >= 4 is 35.5 Å². The van der Waals surface area contributed by atoms with E-state index in [4.69, 9.17) is 4.74 Å². The fraction of sp³-hybridized carbons (Fsp3) is 0.294. The quantitative estimate of drug-likeness (QED) is 0.827. The minimum Gasteiger partial charge on any atom is -0.492 e. The highest BCUT2D eigenvalue weighted by Gasteiger charge is 2.20. The summed E-state index contributed by atoms with van der Waals surface area (Å²) in [5.74, 6) is 0.933. The minimum absolute atomic E-state index is 0. The van der Waals surface area contributed by atoms with Crippen LogP contribution in [0.2, 0.25) is 0 Å². The smallest absolute Gasteiger partial charge is 0.121 e. The van der Waals surface area contributed by atoms with Crippen LogP contribution in [-0.2, 0) is 0 Å². The molecule has 5 heteroatoms. The molecule has 118 valence electrons. The SMILES string of the molecule is CN(C)CCOc1ccc2c(c1)N(C)c1ccccc1S2.Cl. The molecule has 0 aromatic heterocycles. The number of halogens is 1. The van der Waals surface area contributed by atoms with Gasteiger partial charge in [-0.2, -0.15) is 0 Å². The molecule has 0 radical (unpaired) electrons. The van der Waals surface area contributed by atoms with Crippen molar-refractivity contribution in [1.82, 2.24) is 4.90 Å². The molecule has 3 rings (SSSR count). The number of hydrogen-bond donors (Lipinski definition) is 0. The highest BCUT2D eigenvalue weighted by molar-refractivity contribution is 7.99. The van der Waals surface area contributed by atoms with Crippen LogP contribution in [0.15, 0.2) is 52.3 Å². The summed E-state index contributed by atoms with van der Waals surface area (Å²) in [6.45, 7) is 1.63. The summed E-state index contributed by atoms with van der Waals surface area (Å²) in [5, 5.41) is 0. The van der Waals surface area contributed by atoms with E-state index in [1.165, 1.54) is 21.2 Å². The lowest BCUT2D eigenvalue weighted by atomic mass is 10.2. The zero-order valence-electron chi connectivity index (χ0n) is 13.1. The van der Waals surface area contributed by atoms with Crippen molar-refractivity contribution in [2.24, 2.45) is 0 Å². The van der Waals surface area contributed by atoms with Gasteiger partial charge in [-0.25, -0.2) is 0 Å².